The molecular formula is C22H28N2O4. The third-order valence-electron chi connectivity index (χ3n) is 3.89. The van der Waals surface area contributed by atoms with Crippen LogP contribution in [0.5, 0.6) is 0 Å². The smallest absolute Gasteiger partial charge is 0.412 e. The number of ether oxygens (including phenoxy) is 1. The summed E-state index contributed by atoms with van der Waals surface area (Å²) in [7, 11) is 0. The number of rotatable bonds is 7. The first-order valence-electron chi connectivity index (χ1n) is 9.28. The molecule has 2 amide bonds. The van der Waals surface area contributed by atoms with Crippen molar-refractivity contribution in [2.24, 2.45) is 0 Å². The molecule has 0 spiro atoms. The fraction of sp³-hybridized carbons (Fsp3) is 0.364. The van der Waals surface area contributed by atoms with Crippen LogP contribution in [0.15, 0.2) is 54.6 Å². The summed E-state index contributed by atoms with van der Waals surface area (Å²) in [5.41, 5.74) is 1.88. The van der Waals surface area contributed by atoms with E-state index in [4.69, 9.17) is 4.74 Å². The quantitative estimate of drug-likeness (QED) is 0.765. The van der Waals surface area contributed by atoms with Crippen LogP contribution in [0.25, 0.3) is 0 Å². The van der Waals surface area contributed by atoms with E-state index in [1.807, 2.05) is 30.3 Å². The van der Waals surface area contributed by atoms with Gasteiger partial charge in [0.25, 0.3) is 0 Å². The monoisotopic (exact) mass is 384 g/mol. The summed E-state index contributed by atoms with van der Waals surface area (Å²) in [6.45, 7) is 6.06. The zero-order valence-corrected chi connectivity index (χ0v) is 16.6. The molecule has 0 fully saturated rings. The van der Waals surface area contributed by atoms with Gasteiger partial charge in [-0.3, -0.25) is 10.1 Å². The number of amides is 2. The second-order valence-corrected chi connectivity index (χ2v) is 7.53. The summed E-state index contributed by atoms with van der Waals surface area (Å²) in [5.74, 6) is -0.0641. The number of nitrogens with one attached hydrogen (secondary N) is 1. The molecule has 0 aliphatic rings. The Labute approximate surface area is 166 Å². The molecule has 2 aromatic carbocycles. The second kappa shape index (κ2) is 9.90. The minimum atomic E-state index is -0.564. The molecule has 0 unspecified atom stereocenters. The first kappa shape index (κ1) is 21.4. The molecule has 0 saturated heterocycles. The summed E-state index contributed by atoms with van der Waals surface area (Å²) in [6, 6.07) is 16.7. The molecule has 0 aliphatic heterocycles. The number of aliphatic hydroxyl groups excluding tert-OH is 1. The molecule has 150 valence electrons. The van der Waals surface area contributed by atoms with E-state index in [1.54, 1.807) is 49.9 Å². The van der Waals surface area contributed by atoms with Crippen LogP contribution in [0.2, 0.25) is 0 Å². The molecule has 0 aromatic heterocycles. The highest BCUT2D eigenvalue weighted by atomic mass is 16.6. The number of nitrogens with zero attached hydrogens (tertiary/aromatic N) is 1. The van der Waals surface area contributed by atoms with Gasteiger partial charge in [0, 0.05) is 18.8 Å². The van der Waals surface area contributed by atoms with Crippen molar-refractivity contribution in [3.63, 3.8) is 0 Å². The van der Waals surface area contributed by atoms with Crippen LogP contribution in [0, 0.1) is 0 Å². The Bertz CT molecular complexity index is 767. The van der Waals surface area contributed by atoms with Crippen molar-refractivity contribution >= 4 is 17.7 Å². The van der Waals surface area contributed by atoms with E-state index < -0.39 is 11.7 Å². The number of carbonyl (C=O) groups is 2. The first-order valence-corrected chi connectivity index (χ1v) is 9.28. The summed E-state index contributed by atoms with van der Waals surface area (Å²) in [4.78, 5) is 26.1. The van der Waals surface area contributed by atoms with Gasteiger partial charge in [-0.15, -0.1) is 0 Å². The molecule has 2 aromatic rings. The molecule has 2 N–H and O–H groups in total. The van der Waals surface area contributed by atoms with Gasteiger partial charge < -0.3 is 14.7 Å². The van der Waals surface area contributed by atoms with E-state index in [-0.39, 0.29) is 25.5 Å². The number of hydrogen-bond donors (Lipinski definition) is 2. The lowest BCUT2D eigenvalue weighted by molar-refractivity contribution is -0.131. The SMILES string of the molecule is CC(C)(C)OC(=O)Nc1ccc(CC(=O)N(CCO)Cc2ccccc2)cc1. The van der Waals surface area contributed by atoms with E-state index in [0.29, 0.717) is 12.2 Å². The third-order valence-corrected chi connectivity index (χ3v) is 3.89. The van der Waals surface area contributed by atoms with Crippen LogP contribution in [0.3, 0.4) is 0 Å². The highest BCUT2D eigenvalue weighted by molar-refractivity contribution is 5.85. The van der Waals surface area contributed by atoms with Crippen LogP contribution in [-0.2, 0) is 22.5 Å². The van der Waals surface area contributed by atoms with Gasteiger partial charge in [-0.05, 0) is 44.0 Å². The van der Waals surface area contributed by atoms with Gasteiger partial charge in [-0.25, -0.2) is 4.79 Å². The van der Waals surface area contributed by atoms with Crippen LogP contribution in [-0.4, -0.2) is 40.8 Å². The molecular weight excluding hydrogens is 356 g/mol. The maximum Gasteiger partial charge on any atom is 0.412 e. The average molecular weight is 384 g/mol. The van der Waals surface area contributed by atoms with E-state index in [0.717, 1.165) is 11.1 Å². The molecule has 6 heteroatoms. The zero-order chi connectivity index (χ0) is 20.6. The normalized spacial score (nSPS) is 11.0. The minimum absolute atomic E-state index is 0.0641. The number of carbonyl (C=O) groups excluding carboxylic acids is 2. The van der Waals surface area contributed by atoms with E-state index >= 15 is 0 Å². The van der Waals surface area contributed by atoms with E-state index in [1.165, 1.54) is 0 Å². The topological polar surface area (TPSA) is 78.9 Å². The lowest BCUT2D eigenvalue weighted by Gasteiger charge is -2.22. The van der Waals surface area contributed by atoms with Gasteiger partial charge in [-0.1, -0.05) is 42.5 Å². The molecule has 6 nitrogen and oxygen atoms in total. The van der Waals surface area contributed by atoms with Crippen LogP contribution in [0.1, 0.15) is 31.9 Å². The number of anilines is 1. The summed E-state index contributed by atoms with van der Waals surface area (Å²) < 4.78 is 5.22. The van der Waals surface area contributed by atoms with Crippen LogP contribution in [0.4, 0.5) is 10.5 Å². The molecule has 0 aliphatic carbocycles. The fourth-order valence-electron chi connectivity index (χ4n) is 2.63. The van der Waals surface area contributed by atoms with Gasteiger partial charge >= 0.3 is 6.09 Å². The Morgan fingerprint density at radius 1 is 1.00 bits per heavy atom. The highest BCUT2D eigenvalue weighted by Gasteiger charge is 2.17. The summed E-state index contributed by atoms with van der Waals surface area (Å²) in [5, 5.41) is 11.9. The van der Waals surface area contributed by atoms with Gasteiger partial charge in [0.2, 0.25) is 5.91 Å². The van der Waals surface area contributed by atoms with Gasteiger partial charge in [-0.2, -0.15) is 0 Å². The van der Waals surface area contributed by atoms with Crippen molar-refractivity contribution < 1.29 is 19.4 Å². The summed E-state index contributed by atoms with van der Waals surface area (Å²) in [6.07, 6.45) is -0.298. The van der Waals surface area contributed by atoms with Crippen LogP contribution < -0.4 is 5.32 Å². The maximum absolute atomic E-state index is 12.7. The number of aliphatic hydroxyl groups is 1. The fourth-order valence-corrected chi connectivity index (χ4v) is 2.63. The Morgan fingerprint density at radius 2 is 1.64 bits per heavy atom. The highest BCUT2D eigenvalue weighted by Crippen LogP contribution is 2.14. The first-order chi connectivity index (χ1) is 13.3. The minimum Gasteiger partial charge on any atom is -0.444 e. The molecule has 0 saturated carbocycles. The molecule has 28 heavy (non-hydrogen) atoms. The average Bonchev–Trinajstić information content (AvgIpc) is 2.62. The molecule has 2 rings (SSSR count). The lowest BCUT2D eigenvalue weighted by atomic mass is 10.1. The third kappa shape index (κ3) is 7.40. The Balaban J connectivity index is 1.95. The second-order valence-electron chi connectivity index (χ2n) is 7.53. The van der Waals surface area contributed by atoms with Crippen molar-refractivity contribution in [3.8, 4) is 0 Å². The van der Waals surface area contributed by atoms with Crippen molar-refractivity contribution in [1.82, 2.24) is 4.90 Å². The maximum atomic E-state index is 12.7. The standard InChI is InChI=1S/C22H28N2O4/c1-22(2,3)28-21(27)23-19-11-9-17(10-12-19)15-20(26)24(13-14-25)16-18-7-5-4-6-8-18/h4-12,25H,13-16H2,1-3H3,(H,23,27). The number of hydrogen-bond acceptors (Lipinski definition) is 4. The Morgan fingerprint density at radius 3 is 2.21 bits per heavy atom. The van der Waals surface area contributed by atoms with Crippen molar-refractivity contribution in [2.75, 3.05) is 18.5 Å². The Kier molecular flexibility index (Phi) is 7.58. The lowest BCUT2D eigenvalue weighted by Crippen LogP contribution is -2.34. The van der Waals surface area contributed by atoms with Gasteiger partial charge in [0.15, 0.2) is 0 Å². The largest absolute Gasteiger partial charge is 0.444 e. The van der Waals surface area contributed by atoms with Gasteiger partial charge in [0.1, 0.15) is 5.60 Å². The predicted octanol–water partition coefficient (Wildman–Crippen LogP) is 3.60. The number of benzene rings is 2. The Hall–Kier alpha value is -2.86. The molecule has 0 radical (unpaired) electrons. The van der Waals surface area contributed by atoms with Crippen molar-refractivity contribution in [3.05, 3.63) is 65.7 Å². The van der Waals surface area contributed by atoms with Crippen LogP contribution >= 0.6 is 0 Å². The van der Waals surface area contributed by atoms with E-state index in [9.17, 15) is 14.7 Å². The summed E-state index contributed by atoms with van der Waals surface area (Å²) >= 11 is 0. The molecule has 0 atom stereocenters. The van der Waals surface area contributed by atoms with Gasteiger partial charge in [0.05, 0.1) is 13.0 Å². The van der Waals surface area contributed by atoms with E-state index in [2.05, 4.69) is 5.32 Å². The van der Waals surface area contributed by atoms with Crippen molar-refractivity contribution in [2.45, 2.75) is 39.3 Å². The van der Waals surface area contributed by atoms with Crippen molar-refractivity contribution in [1.29, 1.82) is 0 Å². The predicted molar refractivity (Wildman–Crippen MR) is 109 cm³/mol. The molecule has 0 bridgehead atoms. The zero-order valence-electron chi connectivity index (χ0n) is 16.6. The molecule has 0 heterocycles.